The summed E-state index contributed by atoms with van der Waals surface area (Å²) in [6.07, 6.45) is 0. The molecule has 0 fully saturated rings. The van der Waals surface area contributed by atoms with E-state index < -0.39 is 5.41 Å². The summed E-state index contributed by atoms with van der Waals surface area (Å²) in [6.45, 7) is 0. The number of hydrogen-bond acceptors (Lipinski definition) is 4. The first kappa shape index (κ1) is 38.3. The highest BCUT2D eigenvalue weighted by molar-refractivity contribution is 6.13. The minimum absolute atomic E-state index is 0.399. The van der Waals surface area contributed by atoms with E-state index in [1.165, 1.54) is 50.1 Å². The Morgan fingerprint density at radius 2 is 0.721 bits per heavy atom. The highest BCUT2D eigenvalue weighted by Gasteiger charge is 2.51. The summed E-state index contributed by atoms with van der Waals surface area (Å²) in [5.41, 5.74) is 21.2. The topological polar surface area (TPSA) is 51.8 Å². The third-order valence-electron chi connectivity index (χ3n) is 14.2. The van der Waals surface area contributed by atoms with Crippen molar-refractivity contribution in [2.45, 2.75) is 5.41 Å². The molecule has 316 valence electrons. The SMILES string of the molecule is c1ccc(-c2nc(-c3ccccc3-c3ccccc3)nc(-c3cccc4oc5ccc(-c6cccc(-c7ccc8c(c7)C7(c9ccccc9-c9ccccc97)c7ccccc7-8)c6)cc5c34)n2)cc1. The molecular formula is C64H39N3O. The van der Waals surface area contributed by atoms with Gasteiger partial charge in [-0.15, -0.1) is 0 Å². The molecule has 4 nitrogen and oxygen atoms in total. The molecule has 2 heterocycles. The molecule has 14 rings (SSSR count). The number of rotatable bonds is 6. The van der Waals surface area contributed by atoms with Crippen molar-refractivity contribution in [3.63, 3.8) is 0 Å². The van der Waals surface area contributed by atoms with Crippen LogP contribution in [0.4, 0.5) is 0 Å². The van der Waals surface area contributed by atoms with Gasteiger partial charge in [-0.25, -0.2) is 15.0 Å². The average molecular weight is 866 g/mol. The van der Waals surface area contributed by atoms with Crippen LogP contribution in [-0.2, 0) is 5.41 Å². The first-order chi connectivity index (χ1) is 33.7. The average Bonchev–Trinajstić information content (AvgIpc) is 4.05. The molecule has 0 unspecified atom stereocenters. The van der Waals surface area contributed by atoms with E-state index in [4.69, 9.17) is 19.4 Å². The van der Waals surface area contributed by atoms with Gasteiger partial charge in [-0.1, -0.05) is 206 Å². The lowest BCUT2D eigenvalue weighted by Gasteiger charge is -2.30. The lowest BCUT2D eigenvalue weighted by molar-refractivity contribution is 0.669. The second kappa shape index (κ2) is 15.0. The van der Waals surface area contributed by atoms with E-state index in [0.29, 0.717) is 17.5 Å². The minimum Gasteiger partial charge on any atom is -0.456 e. The third kappa shape index (κ3) is 5.71. The van der Waals surface area contributed by atoms with Crippen LogP contribution in [0.5, 0.6) is 0 Å². The van der Waals surface area contributed by atoms with Gasteiger partial charge in [-0.3, -0.25) is 0 Å². The molecule has 12 aromatic rings. The van der Waals surface area contributed by atoms with Crippen LogP contribution >= 0.6 is 0 Å². The Labute approximate surface area is 393 Å². The van der Waals surface area contributed by atoms with E-state index in [1.807, 2.05) is 54.6 Å². The molecule has 2 aromatic heterocycles. The predicted molar refractivity (Wildman–Crippen MR) is 276 cm³/mol. The summed E-state index contributed by atoms with van der Waals surface area (Å²) in [7, 11) is 0. The normalized spacial score (nSPS) is 12.8. The van der Waals surface area contributed by atoms with E-state index in [1.54, 1.807) is 0 Å². The van der Waals surface area contributed by atoms with Crippen molar-refractivity contribution in [2.24, 2.45) is 0 Å². The van der Waals surface area contributed by atoms with Crippen LogP contribution in [0.25, 0.3) is 112 Å². The number of aromatic nitrogens is 3. The Balaban J connectivity index is 0.904. The summed E-state index contributed by atoms with van der Waals surface area (Å²) >= 11 is 0. The molecule has 10 aromatic carbocycles. The highest BCUT2D eigenvalue weighted by Crippen LogP contribution is 2.63. The lowest BCUT2D eigenvalue weighted by Crippen LogP contribution is -2.25. The van der Waals surface area contributed by atoms with E-state index in [0.717, 1.165) is 66.4 Å². The molecule has 0 N–H and O–H groups in total. The summed E-state index contributed by atoms with van der Waals surface area (Å²) in [5.74, 6) is 1.80. The van der Waals surface area contributed by atoms with Crippen molar-refractivity contribution < 1.29 is 4.42 Å². The maximum atomic E-state index is 6.60. The van der Waals surface area contributed by atoms with Gasteiger partial charge >= 0.3 is 0 Å². The molecule has 0 radical (unpaired) electrons. The zero-order valence-corrected chi connectivity index (χ0v) is 36.8. The fourth-order valence-corrected chi connectivity index (χ4v) is 11.2. The van der Waals surface area contributed by atoms with Gasteiger partial charge in [0.15, 0.2) is 17.5 Å². The molecule has 0 aliphatic heterocycles. The second-order valence-corrected chi connectivity index (χ2v) is 17.8. The number of furan rings is 1. The molecule has 68 heavy (non-hydrogen) atoms. The third-order valence-corrected chi connectivity index (χ3v) is 14.2. The molecular weight excluding hydrogens is 827 g/mol. The van der Waals surface area contributed by atoms with Gasteiger partial charge in [0, 0.05) is 27.5 Å². The van der Waals surface area contributed by atoms with Gasteiger partial charge in [0.05, 0.1) is 5.41 Å². The second-order valence-electron chi connectivity index (χ2n) is 17.8. The molecule has 4 heteroatoms. The summed E-state index contributed by atoms with van der Waals surface area (Å²) in [6, 6.07) is 84.6. The van der Waals surface area contributed by atoms with Crippen molar-refractivity contribution in [3.8, 4) is 89.8 Å². The lowest BCUT2D eigenvalue weighted by atomic mass is 9.70. The van der Waals surface area contributed by atoms with Crippen LogP contribution in [0.1, 0.15) is 22.3 Å². The first-order valence-electron chi connectivity index (χ1n) is 23.2. The smallest absolute Gasteiger partial charge is 0.164 e. The number of benzene rings is 10. The Kier molecular flexibility index (Phi) is 8.46. The van der Waals surface area contributed by atoms with E-state index in [9.17, 15) is 0 Å². The quantitative estimate of drug-likeness (QED) is 0.167. The van der Waals surface area contributed by atoms with Gasteiger partial charge in [-0.2, -0.15) is 0 Å². The zero-order chi connectivity index (χ0) is 44.8. The standard InChI is InChI=1S/C64H39N3O/c1-3-17-40(18-4-1)46-23-7-8-27-51(46)62-65-61(41-19-5-2-6-20-41)66-63(67-62)52-28-16-32-59-60(52)53-38-44(34-36-58(53)68-59)42-21-15-22-43(37-42)45-33-35-50-49-26-11-14-31-56(49)64(57(50)39-45)54-29-12-9-24-47(54)48-25-10-13-30-55(48)64/h1-39H. The molecule has 0 bridgehead atoms. The zero-order valence-electron chi connectivity index (χ0n) is 36.8. The molecule has 2 aliphatic rings. The molecule has 0 atom stereocenters. The number of hydrogen-bond donors (Lipinski definition) is 0. The molecule has 0 saturated carbocycles. The van der Waals surface area contributed by atoms with Gasteiger partial charge < -0.3 is 4.42 Å². The van der Waals surface area contributed by atoms with Crippen molar-refractivity contribution >= 4 is 21.9 Å². The maximum Gasteiger partial charge on any atom is 0.164 e. The fourth-order valence-electron chi connectivity index (χ4n) is 11.2. The van der Waals surface area contributed by atoms with Crippen LogP contribution in [0.15, 0.2) is 241 Å². The predicted octanol–water partition coefficient (Wildman–Crippen LogP) is 16.1. The summed E-state index contributed by atoms with van der Waals surface area (Å²) in [5, 5.41) is 1.97. The first-order valence-corrected chi connectivity index (χ1v) is 23.2. The van der Waals surface area contributed by atoms with Crippen molar-refractivity contribution in [1.82, 2.24) is 15.0 Å². The number of fused-ring (bicyclic) bond motifs is 13. The van der Waals surface area contributed by atoms with Crippen LogP contribution in [-0.4, -0.2) is 15.0 Å². The van der Waals surface area contributed by atoms with Gasteiger partial charge in [0.1, 0.15) is 11.2 Å². The molecule has 1 spiro atoms. The van der Waals surface area contributed by atoms with Gasteiger partial charge in [0.2, 0.25) is 0 Å². The van der Waals surface area contributed by atoms with E-state index in [2.05, 4.69) is 182 Å². The minimum atomic E-state index is -0.399. The van der Waals surface area contributed by atoms with Crippen LogP contribution in [0.2, 0.25) is 0 Å². The Morgan fingerprint density at radius 3 is 1.38 bits per heavy atom. The summed E-state index contributed by atoms with van der Waals surface area (Å²) < 4.78 is 6.60. The van der Waals surface area contributed by atoms with Crippen molar-refractivity contribution in [1.29, 1.82) is 0 Å². The molecule has 0 saturated heterocycles. The van der Waals surface area contributed by atoms with Crippen LogP contribution in [0.3, 0.4) is 0 Å². The van der Waals surface area contributed by atoms with E-state index >= 15 is 0 Å². The summed E-state index contributed by atoms with van der Waals surface area (Å²) in [4.78, 5) is 15.6. The monoisotopic (exact) mass is 865 g/mol. The Morgan fingerprint density at radius 1 is 0.265 bits per heavy atom. The van der Waals surface area contributed by atoms with Crippen LogP contribution in [0, 0.1) is 0 Å². The van der Waals surface area contributed by atoms with Crippen molar-refractivity contribution in [3.05, 3.63) is 259 Å². The largest absolute Gasteiger partial charge is 0.456 e. The number of nitrogens with zero attached hydrogens (tertiary/aromatic N) is 3. The van der Waals surface area contributed by atoms with Gasteiger partial charge in [0.25, 0.3) is 0 Å². The Hall–Kier alpha value is -8.99. The molecule has 0 amide bonds. The van der Waals surface area contributed by atoms with Gasteiger partial charge in [-0.05, 0) is 108 Å². The maximum absolute atomic E-state index is 6.60. The Bertz CT molecular complexity index is 3920. The van der Waals surface area contributed by atoms with Crippen molar-refractivity contribution in [2.75, 3.05) is 0 Å². The fraction of sp³-hybridized carbons (Fsp3) is 0.0156. The van der Waals surface area contributed by atoms with Crippen LogP contribution < -0.4 is 0 Å². The van der Waals surface area contributed by atoms with E-state index in [-0.39, 0.29) is 0 Å². The molecule has 2 aliphatic carbocycles. The highest BCUT2D eigenvalue weighted by atomic mass is 16.3.